The summed E-state index contributed by atoms with van der Waals surface area (Å²) in [5.74, 6) is 1.34. The largest absolute Gasteiger partial charge is 0.497 e. The van der Waals surface area contributed by atoms with Gasteiger partial charge in [-0.2, -0.15) is 5.10 Å². The number of aromatic nitrogens is 2. The number of carbonyl (C=O) groups is 1. The molecule has 0 aliphatic heterocycles. The zero-order valence-corrected chi connectivity index (χ0v) is 15.4. The van der Waals surface area contributed by atoms with Crippen LogP contribution in [0.3, 0.4) is 0 Å². The monoisotopic (exact) mass is 383 g/mol. The minimum Gasteiger partial charge on any atom is -0.497 e. The molecule has 0 saturated carbocycles. The van der Waals surface area contributed by atoms with Gasteiger partial charge < -0.3 is 13.9 Å². The molecule has 27 heavy (non-hydrogen) atoms. The smallest absolute Gasteiger partial charge is 0.285 e. The van der Waals surface area contributed by atoms with Crippen molar-refractivity contribution in [1.82, 2.24) is 10.2 Å². The maximum atomic E-state index is 12.7. The predicted molar refractivity (Wildman–Crippen MR) is 102 cm³/mol. The number of benzene rings is 1. The molecule has 0 saturated heterocycles. The molecule has 0 atom stereocenters. The number of thiophene rings is 1. The van der Waals surface area contributed by atoms with Crippen molar-refractivity contribution in [3.05, 3.63) is 58.9 Å². The number of nitrogens with zero attached hydrogens (tertiary/aromatic N) is 2. The average Bonchev–Trinajstić information content (AvgIpc) is 3.44. The van der Waals surface area contributed by atoms with Crippen LogP contribution in [0.2, 0.25) is 0 Å². The average molecular weight is 383 g/mol. The third-order valence-corrected chi connectivity index (χ3v) is 4.86. The van der Waals surface area contributed by atoms with Crippen molar-refractivity contribution in [2.24, 2.45) is 0 Å². The molecule has 0 bridgehead atoms. The lowest BCUT2D eigenvalue weighted by Crippen LogP contribution is -2.34. The van der Waals surface area contributed by atoms with Crippen molar-refractivity contribution in [3.63, 3.8) is 0 Å². The summed E-state index contributed by atoms with van der Waals surface area (Å²) >= 11 is 1.58. The maximum Gasteiger partial charge on any atom is 0.285 e. The molecule has 1 N–H and O–H groups in total. The summed E-state index contributed by atoms with van der Waals surface area (Å²) < 4.78 is 16.4. The molecular formula is C19H17N3O4S. The highest BCUT2D eigenvalue weighted by Gasteiger charge is 2.20. The molecule has 3 heterocycles. The summed E-state index contributed by atoms with van der Waals surface area (Å²) in [7, 11) is 1.61. The molecule has 0 radical (unpaired) electrons. The van der Waals surface area contributed by atoms with Crippen LogP contribution < -0.4 is 14.4 Å². The Morgan fingerprint density at radius 2 is 2.22 bits per heavy atom. The molecule has 4 rings (SSSR count). The molecular weight excluding hydrogens is 366 g/mol. The standard InChI is InChI=1S/C19H17N3O4S/c1-24-14-4-5-16-13(9-14)10-19(26-16)25-12-18(23)22(17-6-7-20-21-17)11-15-3-2-8-27-15/h2-10H,11-12H2,1H3,(H,20,21). The molecule has 7 nitrogen and oxygen atoms in total. The second-order valence-corrected chi connectivity index (χ2v) is 6.78. The third-order valence-electron chi connectivity index (χ3n) is 4.00. The number of ether oxygens (including phenoxy) is 2. The van der Waals surface area contributed by atoms with E-state index in [1.54, 1.807) is 53.8 Å². The molecule has 0 aliphatic carbocycles. The number of fused-ring (bicyclic) bond motifs is 1. The first-order valence-electron chi connectivity index (χ1n) is 8.26. The van der Waals surface area contributed by atoms with Crippen molar-refractivity contribution < 1.29 is 18.7 Å². The van der Waals surface area contributed by atoms with Gasteiger partial charge in [-0.15, -0.1) is 11.3 Å². The van der Waals surface area contributed by atoms with Gasteiger partial charge in [0, 0.05) is 28.6 Å². The van der Waals surface area contributed by atoms with E-state index in [0.29, 0.717) is 17.9 Å². The second-order valence-electron chi connectivity index (χ2n) is 5.75. The minimum absolute atomic E-state index is 0.158. The van der Waals surface area contributed by atoms with E-state index in [0.717, 1.165) is 16.0 Å². The van der Waals surface area contributed by atoms with Crippen LogP contribution >= 0.6 is 11.3 Å². The van der Waals surface area contributed by atoms with Crippen LogP contribution in [-0.2, 0) is 11.3 Å². The van der Waals surface area contributed by atoms with E-state index in [-0.39, 0.29) is 18.5 Å². The Hall–Kier alpha value is -3.26. The maximum absolute atomic E-state index is 12.7. The Kier molecular flexibility index (Phi) is 4.80. The number of hydrogen-bond acceptors (Lipinski definition) is 6. The summed E-state index contributed by atoms with van der Waals surface area (Å²) in [4.78, 5) is 15.4. The number of H-pyrrole nitrogens is 1. The van der Waals surface area contributed by atoms with Crippen LogP contribution in [0.5, 0.6) is 11.7 Å². The number of aromatic amines is 1. The summed E-state index contributed by atoms with van der Waals surface area (Å²) in [6.07, 6.45) is 1.68. The highest BCUT2D eigenvalue weighted by atomic mass is 32.1. The van der Waals surface area contributed by atoms with Crippen molar-refractivity contribution in [3.8, 4) is 11.7 Å². The van der Waals surface area contributed by atoms with Gasteiger partial charge in [-0.3, -0.25) is 14.8 Å². The molecule has 0 aliphatic rings. The second kappa shape index (κ2) is 7.55. The number of amides is 1. The first-order chi connectivity index (χ1) is 13.2. The molecule has 138 valence electrons. The van der Waals surface area contributed by atoms with Crippen LogP contribution in [0.4, 0.5) is 5.82 Å². The van der Waals surface area contributed by atoms with Gasteiger partial charge in [-0.25, -0.2) is 0 Å². The summed E-state index contributed by atoms with van der Waals surface area (Å²) in [5.41, 5.74) is 0.668. The van der Waals surface area contributed by atoms with Crippen LogP contribution in [0.1, 0.15) is 4.88 Å². The molecule has 0 fully saturated rings. The minimum atomic E-state index is -0.214. The van der Waals surface area contributed by atoms with Gasteiger partial charge in [-0.1, -0.05) is 6.07 Å². The fourth-order valence-electron chi connectivity index (χ4n) is 2.66. The van der Waals surface area contributed by atoms with Crippen molar-refractivity contribution in [2.75, 3.05) is 18.6 Å². The molecule has 4 aromatic rings. The van der Waals surface area contributed by atoms with Gasteiger partial charge in [0.2, 0.25) is 0 Å². The van der Waals surface area contributed by atoms with E-state index in [4.69, 9.17) is 13.9 Å². The molecule has 0 unspecified atom stereocenters. The predicted octanol–water partition coefficient (Wildman–Crippen LogP) is 3.84. The van der Waals surface area contributed by atoms with Crippen molar-refractivity contribution in [2.45, 2.75) is 6.54 Å². The summed E-state index contributed by atoms with van der Waals surface area (Å²) in [6, 6.07) is 12.9. The number of methoxy groups -OCH3 is 1. The number of rotatable bonds is 7. The Morgan fingerprint density at radius 3 is 2.96 bits per heavy atom. The van der Waals surface area contributed by atoms with E-state index in [2.05, 4.69) is 10.2 Å². The lowest BCUT2D eigenvalue weighted by atomic mass is 10.2. The molecule has 1 amide bonds. The highest BCUT2D eigenvalue weighted by Crippen LogP contribution is 2.28. The first-order valence-corrected chi connectivity index (χ1v) is 9.14. The molecule has 1 aromatic carbocycles. The van der Waals surface area contributed by atoms with Crippen LogP contribution in [0.15, 0.2) is 58.5 Å². The van der Waals surface area contributed by atoms with Gasteiger partial charge in [-0.05, 0) is 29.6 Å². The molecule has 0 spiro atoms. The number of carbonyl (C=O) groups excluding carboxylic acids is 1. The number of nitrogens with one attached hydrogen (secondary N) is 1. The normalized spacial score (nSPS) is 10.9. The van der Waals surface area contributed by atoms with Crippen molar-refractivity contribution >= 4 is 34.0 Å². The first kappa shape index (κ1) is 17.2. The van der Waals surface area contributed by atoms with Crippen LogP contribution in [0, 0.1) is 0 Å². The topological polar surface area (TPSA) is 80.6 Å². The number of hydrogen-bond donors (Lipinski definition) is 1. The lowest BCUT2D eigenvalue weighted by Gasteiger charge is -2.19. The Bertz CT molecular complexity index is 1020. The number of furan rings is 1. The Labute approximate surface area is 159 Å². The fraction of sp³-hybridized carbons (Fsp3) is 0.158. The molecule has 8 heteroatoms. The van der Waals surface area contributed by atoms with Gasteiger partial charge in [0.25, 0.3) is 11.9 Å². The van der Waals surface area contributed by atoms with Gasteiger partial charge in [0.15, 0.2) is 12.4 Å². The van der Waals surface area contributed by atoms with Crippen molar-refractivity contribution in [1.29, 1.82) is 0 Å². The van der Waals surface area contributed by atoms with E-state index >= 15 is 0 Å². The quantitative estimate of drug-likeness (QED) is 0.524. The fourth-order valence-corrected chi connectivity index (χ4v) is 3.36. The van der Waals surface area contributed by atoms with E-state index in [1.165, 1.54) is 0 Å². The van der Waals surface area contributed by atoms with Gasteiger partial charge in [0.1, 0.15) is 11.3 Å². The van der Waals surface area contributed by atoms with E-state index in [9.17, 15) is 4.79 Å². The zero-order chi connectivity index (χ0) is 18.6. The van der Waals surface area contributed by atoms with E-state index < -0.39 is 0 Å². The number of anilines is 1. The Morgan fingerprint density at radius 1 is 1.30 bits per heavy atom. The molecule has 3 aromatic heterocycles. The summed E-state index contributed by atoms with van der Waals surface area (Å²) in [5, 5.41) is 9.67. The zero-order valence-electron chi connectivity index (χ0n) is 14.5. The van der Waals surface area contributed by atoms with E-state index in [1.807, 2.05) is 23.6 Å². The highest BCUT2D eigenvalue weighted by molar-refractivity contribution is 7.09. The van der Waals surface area contributed by atoms with Crippen LogP contribution in [0.25, 0.3) is 11.0 Å². The van der Waals surface area contributed by atoms with Gasteiger partial charge in [0.05, 0.1) is 13.7 Å². The Balaban J connectivity index is 1.47. The lowest BCUT2D eigenvalue weighted by molar-refractivity contribution is -0.121. The van der Waals surface area contributed by atoms with Gasteiger partial charge >= 0.3 is 0 Å². The SMILES string of the molecule is COc1ccc2oc(OCC(=O)N(Cc3cccs3)c3cc[nH]n3)cc2c1. The summed E-state index contributed by atoms with van der Waals surface area (Å²) in [6.45, 7) is 0.275. The van der Waals surface area contributed by atoms with Crippen LogP contribution in [-0.4, -0.2) is 29.8 Å². The third kappa shape index (κ3) is 3.80.